The van der Waals surface area contributed by atoms with Gasteiger partial charge in [0.1, 0.15) is 11.2 Å². The molecule has 3 aromatic carbocycles. The summed E-state index contributed by atoms with van der Waals surface area (Å²) < 4.78 is 6.38. The Balaban J connectivity index is 1.41. The first-order valence-electron chi connectivity index (χ1n) is 11.8. The fraction of sp³-hybridized carbons (Fsp3) is 0.233. The minimum atomic E-state index is 0.817. The maximum atomic E-state index is 6.38. The van der Waals surface area contributed by atoms with Crippen molar-refractivity contribution in [1.82, 2.24) is 4.98 Å². The number of nitrogens with zero attached hydrogens (tertiary/aromatic N) is 1. The van der Waals surface area contributed by atoms with E-state index in [2.05, 4.69) is 78.9 Å². The Labute approximate surface area is 188 Å². The molecule has 6 rings (SSSR count). The second kappa shape index (κ2) is 8.27. The Morgan fingerprint density at radius 2 is 1.62 bits per heavy atom. The highest BCUT2D eigenvalue weighted by Gasteiger charge is 2.16. The molecule has 1 aliphatic rings. The van der Waals surface area contributed by atoms with E-state index in [0.717, 1.165) is 45.5 Å². The molecule has 2 nitrogen and oxygen atoms in total. The molecule has 1 fully saturated rings. The predicted molar refractivity (Wildman–Crippen MR) is 133 cm³/mol. The molecular weight excluding hydrogens is 390 g/mol. The van der Waals surface area contributed by atoms with Crippen LogP contribution in [0.3, 0.4) is 0 Å². The molecule has 0 radical (unpaired) electrons. The second-order valence-electron chi connectivity index (χ2n) is 9.12. The highest BCUT2D eigenvalue weighted by atomic mass is 16.3. The molecule has 1 aliphatic carbocycles. The van der Waals surface area contributed by atoms with Gasteiger partial charge in [0.2, 0.25) is 0 Å². The molecule has 0 atom stereocenters. The summed E-state index contributed by atoms with van der Waals surface area (Å²) in [4.78, 5) is 4.73. The van der Waals surface area contributed by atoms with Gasteiger partial charge in [-0.05, 0) is 59.4 Å². The Morgan fingerprint density at radius 3 is 2.50 bits per heavy atom. The van der Waals surface area contributed by atoms with E-state index in [1.807, 2.05) is 6.20 Å². The molecule has 0 amide bonds. The van der Waals surface area contributed by atoms with Gasteiger partial charge in [0.25, 0.3) is 0 Å². The Hall–Kier alpha value is -3.39. The van der Waals surface area contributed by atoms with E-state index in [-0.39, 0.29) is 0 Å². The maximum Gasteiger partial charge on any atom is 0.144 e. The molecule has 1 saturated carbocycles. The van der Waals surface area contributed by atoms with Crippen molar-refractivity contribution >= 4 is 21.9 Å². The van der Waals surface area contributed by atoms with Crippen molar-refractivity contribution in [3.05, 3.63) is 90.6 Å². The monoisotopic (exact) mass is 417 g/mol. The third kappa shape index (κ3) is 3.60. The van der Waals surface area contributed by atoms with Crippen molar-refractivity contribution in [2.24, 2.45) is 5.92 Å². The topological polar surface area (TPSA) is 26.0 Å². The summed E-state index contributed by atoms with van der Waals surface area (Å²) in [5.41, 5.74) is 7.74. The summed E-state index contributed by atoms with van der Waals surface area (Å²) in [6.45, 7) is 0. The van der Waals surface area contributed by atoms with Crippen LogP contribution in [0.25, 0.3) is 44.3 Å². The summed E-state index contributed by atoms with van der Waals surface area (Å²) in [5.74, 6) is 0.817. The van der Waals surface area contributed by atoms with E-state index in [9.17, 15) is 0 Å². The quantitative estimate of drug-likeness (QED) is 0.293. The number of furan rings is 1. The van der Waals surface area contributed by atoms with E-state index in [4.69, 9.17) is 9.40 Å². The van der Waals surface area contributed by atoms with Gasteiger partial charge in [0, 0.05) is 22.5 Å². The lowest BCUT2D eigenvalue weighted by Gasteiger charge is -2.21. The Kier molecular flexibility index (Phi) is 4.99. The van der Waals surface area contributed by atoms with E-state index in [1.165, 1.54) is 48.8 Å². The van der Waals surface area contributed by atoms with Crippen LogP contribution >= 0.6 is 0 Å². The second-order valence-corrected chi connectivity index (χ2v) is 9.12. The Bertz CT molecular complexity index is 1380. The molecule has 0 N–H and O–H groups in total. The van der Waals surface area contributed by atoms with Crippen molar-refractivity contribution in [2.75, 3.05) is 0 Å². The fourth-order valence-corrected chi connectivity index (χ4v) is 5.28. The normalized spacial score (nSPS) is 14.9. The number of pyridine rings is 1. The maximum absolute atomic E-state index is 6.38. The zero-order chi connectivity index (χ0) is 21.3. The largest absolute Gasteiger partial charge is 0.455 e. The summed E-state index contributed by atoms with van der Waals surface area (Å²) >= 11 is 0. The number of hydrogen-bond donors (Lipinski definition) is 0. The zero-order valence-corrected chi connectivity index (χ0v) is 18.3. The number of fused-ring (bicyclic) bond motifs is 3. The molecule has 2 heteroatoms. The average Bonchev–Trinajstić information content (AvgIpc) is 3.23. The number of rotatable bonds is 4. The number of hydrogen-bond acceptors (Lipinski definition) is 2. The van der Waals surface area contributed by atoms with Crippen molar-refractivity contribution in [3.8, 4) is 22.4 Å². The summed E-state index contributed by atoms with van der Waals surface area (Å²) in [5, 5.41) is 2.30. The molecule has 32 heavy (non-hydrogen) atoms. The molecule has 2 aromatic heterocycles. The molecular formula is C30H27NO. The van der Waals surface area contributed by atoms with Crippen LogP contribution in [0.2, 0.25) is 0 Å². The van der Waals surface area contributed by atoms with Gasteiger partial charge in [-0.15, -0.1) is 0 Å². The lowest BCUT2D eigenvalue weighted by molar-refractivity contribution is 0.356. The zero-order valence-electron chi connectivity index (χ0n) is 18.3. The lowest BCUT2D eigenvalue weighted by atomic mass is 9.85. The number of para-hydroxylation sites is 1. The van der Waals surface area contributed by atoms with Crippen LogP contribution in [0, 0.1) is 5.92 Å². The van der Waals surface area contributed by atoms with E-state index in [0.29, 0.717) is 0 Å². The van der Waals surface area contributed by atoms with E-state index >= 15 is 0 Å². The lowest BCUT2D eigenvalue weighted by Crippen LogP contribution is -2.09. The molecule has 0 unspecified atom stereocenters. The molecule has 5 aromatic rings. The van der Waals surface area contributed by atoms with Crippen LogP contribution in [0.15, 0.2) is 89.5 Å². The molecule has 0 saturated heterocycles. The summed E-state index contributed by atoms with van der Waals surface area (Å²) in [6.07, 6.45) is 10.0. The van der Waals surface area contributed by atoms with Crippen LogP contribution in [0.4, 0.5) is 0 Å². The average molecular weight is 418 g/mol. The standard InChI is InChI=1S/C30H27NO/c1-3-8-21(9-4-1)18-22-16-17-31-28(19-22)26-13-7-12-25-27-20-24(23-10-5-2-6-11-23)14-15-29(27)32-30(25)26/h2,5-7,10-17,19-21H,1,3-4,8-9,18H2. The van der Waals surface area contributed by atoms with Gasteiger partial charge in [-0.3, -0.25) is 4.98 Å². The number of benzene rings is 3. The summed E-state index contributed by atoms with van der Waals surface area (Å²) in [7, 11) is 0. The molecule has 0 spiro atoms. The van der Waals surface area contributed by atoms with Crippen molar-refractivity contribution in [3.63, 3.8) is 0 Å². The van der Waals surface area contributed by atoms with E-state index < -0.39 is 0 Å². The highest BCUT2D eigenvalue weighted by Crippen LogP contribution is 2.37. The van der Waals surface area contributed by atoms with Crippen molar-refractivity contribution < 1.29 is 4.42 Å². The number of aromatic nitrogens is 1. The van der Waals surface area contributed by atoms with Crippen molar-refractivity contribution in [1.29, 1.82) is 0 Å². The third-order valence-electron chi connectivity index (χ3n) is 6.95. The first-order valence-corrected chi connectivity index (χ1v) is 11.8. The minimum absolute atomic E-state index is 0.817. The predicted octanol–water partition coefficient (Wildman–Crippen LogP) is 8.44. The minimum Gasteiger partial charge on any atom is -0.455 e. The molecule has 0 aliphatic heterocycles. The van der Waals surface area contributed by atoms with Gasteiger partial charge in [0.15, 0.2) is 0 Å². The first kappa shape index (κ1) is 19.3. The van der Waals surface area contributed by atoms with Gasteiger partial charge < -0.3 is 4.42 Å². The highest BCUT2D eigenvalue weighted by molar-refractivity contribution is 6.10. The molecule has 0 bridgehead atoms. The van der Waals surface area contributed by atoms with Crippen LogP contribution in [0.5, 0.6) is 0 Å². The third-order valence-corrected chi connectivity index (χ3v) is 6.95. The SMILES string of the molecule is c1ccc(-c2ccc3oc4c(-c5cc(CC6CCCCC6)ccn5)cccc4c3c2)cc1. The van der Waals surface area contributed by atoms with Crippen LogP contribution in [-0.4, -0.2) is 4.98 Å². The van der Waals surface area contributed by atoms with Crippen LogP contribution < -0.4 is 0 Å². The molecule has 158 valence electrons. The van der Waals surface area contributed by atoms with Gasteiger partial charge in [0.05, 0.1) is 5.69 Å². The van der Waals surface area contributed by atoms with E-state index in [1.54, 1.807) is 0 Å². The fourth-order valence-electron chi connectivity index (χ4n) is 5.28. The smallest absolute Gasteiger partial charge is 0.144 e. The van der Waals surface area contributed by atoms with Gasteiger partial charge >= 0.3 is 0 Å². The Morgan fingerprint density at radius 1 is 0.750 bits per heavy atom. The summed E-state index contributed by atoms with van der Waals surface area (Å²) in [6, 6.07) is 27.9. The van der Waals surface area contributed by atoms with Crippen LogP contribution in [0.1, 0.15) is 37.7 Å². The van der Waals surface area contributed by atoms with Gasteiger partial charge in [-0.25, -0.2) is 0 Å². The first-order chi connectivity index (χ1) is 15.8. The van der Waals surface area contributed by atoms with Gasteiger partial charge in [-0.1, -0.05) is 80.6 Å². The van der Waals surface area contributed by atoms with Crippen LogP contribution in [-0.2, 0) is 6.42 Å². The van der Waals surface area contributed by atoms with Gasteiger partial charge in [-0.2, -0.15) is 0 Å². The molecule has 2 heterocycles. The van der Waals surface area contributed by atoms with Crippen molar-refractivity contribution in [2.45, 2.75) is 38.5 Å².